The van der Waals surface area contributed by atoms with Gasteiger partial charge in [-0.2, -0.15) is 0 Å². The van der Waals surface area contributed by atoms with Crippen molar-refractivity contribution in [2.45, 2.75) is 97.4 Å². The number of hydrogen-bond acceptors (Lipinski definition) is 5. The van der Waals surface area contributed by atoms with Crippen LogP contribution in [0.5, 0.6) is 11.5 Å². The fraction of sp³-hybridized carbons (Fsp3) is 0.562. The van der Waals surface area contributed by atoms with Crippen molar-refractivity contribution in [1.82, 2.24) is 15.5 Å². The number of amides is 2. The number of carbonyl (C=O) groups excluding carboxylic acids is 2. The smallest absolute Gasteiger partial charge is 0.234 e. The monoisotopic (exact) mass is 535 g/mol. The maximum absolute atomic E-state index is 13.1. The maximum Gasteiger partial charge on any atom is 0.234 e. The minimum Gasteiger partial charge on any atom is -0.493 e. The maximum atomic E-state index is 13.1. The zero-order valence-electron chi connectivity index (χ0n) is 24.3. The molecule has 7 heteroatoms. The van der Waals surface area contributed by atoms with E-state index in [1.165, 1.54) is 0 Å². The quantitative estimate of drug-likeness (QED) is 0.548. The van der Waals surface area contributed by atoms with Crippen LogP contribution in [0.25, 0.3) is 0 Å². The Hall–Kier alpha value is -3.06. The fourth-order valence-electron chi connectivity index (χ4n) is 5.37. The molecule has 0 spiro atoms. The summed E-state index contributed by atoms with van der Waals surface area (Å²) in [6.07, 6.45) is 4.69. The normalized spacial score (nSPS) is 20.2. The molecular formula is C32H45N3O4. The molecule has 2 N–H and O–H groups in total. The Morgan fingerprint density at radius 3 is 2.69 bits per heavy atom. The summed E-state index contributed by atoms with van der Waals surface area (Å²) in [6.45, 7) is 12.7. The summed E-state index contributed by atoms with van der Waals surface area (Å²) in [6, 6.07) is 12.5. The molecule has 0 aromatic heterocycles. The van der Waals surface area contributed by atoms with Crippen molar-refractivity contribution < 1.29 is 19.1 Å². The fourth-order valence-corrected chi connectivity index (χ4v) is 5.37. The number of rotatable bonds is 5. The highest BCUT2D eigenvalue weighted by Crippen LogP contribution is 2.40. The van der Waals surface area contributed by atoms with E-state index in [0.29, 0.717) is 39.1 Å². The van der Waals surface area contributed by atoms with Gasteiger partial charge in [0, 0.05) is 43.1 Å². The van der Waals surface area contributed by atoms with Crippen LogP contribution >= 0.6 is 0 Å². The number of hydrogen-bond donors (Lipinski definition) is 2. The third-order valence-electron chi connectivity index (χ3n) is 7.57. The molecule has 0 fully saturated rings. The van der Waals surface area contributed by atoms with Gasteiger partial charge in [-0.05, 0) is 78.0 Å². The van der Waals surface area contributed by atoms with Crippen LogP contribution < -0.4 is 20.1 Å². The molecule has 1 atom stereocenters. The number of carbonyl (C=O) groups is 2. The summed E-state index contributed by atoms with van der Waals surface area (Å²) >= 11 is 0. The Morgan fingerprint density at radius 1 is 1.10 bits per heavy atom. The van der Waals surface area contributed by atoms with Gasteiger partial charge in [0.15, 0.2) is 0 Å². The van der Waals surface area contributed by atoms with Crippen LogP contribution in [0.3, 0.4) is 0 Å². The number of nitrogens with zero attached hydrogens (tertiary/aromatic N) is 1. The van der Waals surface area contributed by atoms with Crippen LogP contribution in [-0.2, 0) is 22.6 Å². The molecule has 0 bridgehead atoms. The molecule has 7 nitrogen and oxygen atoms in total. The molecule has 2 heterocycles. The summed E-state index contributed by atoms with van der Waals surface area (Å²) in [5.74, 6) is 1.81. The molecule has 2 amide bonds. The van der Waals surface area contributed by atoms with Crippen LogP contribution in [0, 0.1) is 6.92 Å². The third-order valence-corrected chi connectivity index (χ3v) is 7.57. The molecule has 0 saturated carbocycles. The Bertz CT molecular complexity index is 1160. The van der Waals surface area contributed by atoms with E-state index < -0.39 is 0 Å². The second-order valence-corrected chi connectivity index (χ2v) is 11.9. The lowest BCUT2D eigenvalue weighted by molar-refractivity contribution is -0.123. The van der Waals surface area contributed by atoms with Gasteiger partial charge in [-0.15, -0.1) is 0 Å². The lowest BCUT2D eigenvalue weighted by atomic mass is 9.89. The van der Waals surface area contributed by atoms with Crippen molar-refractivity contribution in [2.75, 3.05) is 19.7 Å². The van der Waals surface area contributed by atoms with E-state index >= 15 is 0 Å². The zero-order chi connectivity index (χ0) is 28.0. The highest BCUT2D eigenvalue weighted by Gasteiger charge is 2.34. The minimum atomic E-state index is -0.344. The molecule has 39 heavy (non-hydrogen) atoms. The summed E-state index contributed by atoms with van der Waals surface area (Å²) < 4.78 is 12.3. The van der Waals surface area contributed by atoms with Crippen LogP contribution in [0.2, 0.25) is 0 Å². The van der Waals surface area contributed by atoms with Crippen LogP contribution in [-0.4, -0.2) is 48.1 Å². The predicted octanol–water partition coefficient (Wildman–Crippen LogP) is 5.24. The molecule has 2 aromatic carbocycles. The molecule has 0 aliphatic carbocycles. The van der Waals surface area contributed by atoms with E-state index in [-0.39, 0.29) is 29.5 Å². The summed E-state index contributed by atoms with van der Waals surface area (Å²) in [4.78, 5) is 27.8. The van der Waals surface area contributed by atoms with Gasteiger partial charge in [-0.3, -0.25) is 14.5 Å². The van der Waals surface area contributed by atoms with Crippen molar-refractivity contribution in [3.63, 3.8) is 0 Å². The van der Waals surface area contributed by atoms with Gasteiger partial charge in [0.2, 0.25) is 11.8 Å². The highest BCUT2D eigenvalue weighted by molar-refractivity contribution is 5.78. The second-order valence-electron chi connectivity index (χ2n) is 11.9. The first kappa shape index (κ1) is 28.9. The number of ether oxygens (including phenoxy) is 2. The number of aryl methyl sites for hydroxylation is 2. The van der Waals surface area contributed by atoms with Gasteiger partial charge in [-0.25, -0.2) is 0 Å². The van der Waals surface area contributed by atoms with Gasteiger partial charge >= 0.3 is 0 Å². The van der Waals surface area contributed by atoms with Crippen LogP contribution in [0.15, 0.2) is 36.4 Å². The molecule has 4 rings (SSSR count). The number of benzene rings is 2. The third kappa shape index (κ3) is 8.21. The first-order valence-corrected chi connectivity index (χ1v) is 14.4. The Morgan fingerprint density at radius 2 is 1.90 bits per heavy atom. The molecule has 2 aliphatic rings. The lowest BCUT2D eigenvalue weighted by Crippen LogP contribution is -2.41. The molecule has 1 unspecified atom stereocenters. The van der Waals surface area contributed by atoms with Crippen molar-refractivity contribution in [3.8, 4) is 11.5 Å². The number of nitrogens with one attached hydrogen (secondary N) is 2. The molecule has 2 aliphatic heterocycles. The minimum absolute atomic E-state index is 0.0332. The van der Waals surface area contributed by atoms with Crippen LogP contribution in [0.1, 0.15) is 88.1 Å². The van der Waals surface area contributed by atoms with E-state index in [2.05, 4.69) is 68.4 Å². The Labute approximate surface area is 233 Å². The van der Waals surface area contributed by atoms with Crippen molar-refractivity contribution >= 4 is 11.8 Å². The van der Waals surface area contributed by atoms with Gasteiger partial charge in [0.05, 0.1) is 19.2 Å². The molecule has 2 aromatic rings. The van der Waals surface area contributed by atoms with Crippen molar-refractivity contribution in [2.24, 2.45) is 0 Å². The predicted molar refractivity (Wildman–Crippen MR) is 154 cm³/mol. The van der Waals surface area contributed by atoms with Gasteiger partial charge in [0.25, 0.3) is 0 Å². The van der Waals surface area contributed by atoms with E-state index in [9.17, 15) is 9.59 Å². The number of fused-ring (bicyclic) bond motifs is 2. The van der Waals surface area contributed by atoms with E-state index in [1.54, 1.807) is 0 Å². The zero-order valence-corrected chi connectivity index (χ0v) is 24.3. The van der Waals surface area contributed by atoms with E-state index in [0.717, 1.165) is 59.4 Å². The van der Waals surface area contributed by atoms with Gasteiger partial charge < -0.3 is 20.1 Å². The topological polar surface area (TPSA) is 79.9 Å². The Kier molecular flexibility index (Phi) is 9.54. The SMILES string of the molecule is Cc1ccc2c(c1)C(NC(=O)CCc1ccc3c(c1)CN(C(C)C)CC(=O)NCCCCCO3)CC(C)(C)O2. The van der Waals surface area contributed by atoms with Gasteiger partial charge in [0.1, 0.15) is 17.1 Å². The Balaban J connectivity index is 1.45. The molecular weight excluding hydrogens is 490 g/mol. The summed E-state index contributed by atoms with van der Waals surface area (Å²) in [7, 11) is 0. The van der Waals surface area contributed by atoms with Crippen molar-refractivity contribution in [3.05, 3.63) is 58.7 Å². The average Bonchev–Trinajstić information content (AvgIpc) is 2.88. The first-order chi connectivity index (χ1) is 18.6. The standard InChI is InChI=1S/C32H45N3O4/c1-22(2)35-20-25-18-24(10-13-28(25)38-16-8-6-7-15-33-31(37)21-35)11-14-30(36)34-27-19-32(4,5)39-29-12-9-23(3)17-26(27)29/h9-10,12-13,17-18,22,27H,6-8,11,14-16,19-21H2,1-5H3,(H,33,37)(H,34,36). The molecule has 0 radical (unpaired) electrons. The first-order valence-electron chi connectivity index (χ1n) is 14.4. The van der Waals surface area contributed by atoms with E-state index in [1.807, 2.05) is 18.2 Å². The van der Waals surface area contributed by atoms with Crippen molar-refractivity contribution in [1.29, 1.82) is 0 Å². The summed E-state index contributed by atoms with van der Waals surface area (Å²) in [5.41, 5.74) is 4.01. The second kappa shape index (κ2) is 12.9. The summed E-state index contributed by atoms with van der Waals surface area (Å²) in [5, 5.41) is 6.32. The highest BCUT2D eigenvalue weighted by atomic mass is 16.5. The molecule has 212 valence electrons. The van der Waals surface area contributed by atoms with Gasteiger partial charge in [-0.1, -0.05) is 29.8 Å². The van der Waals surface area contributed by atoms with Crippen LogP contribution in [0.4, 0.5) is 0 Å². The van der Waals surface area contributed by atoms with E-state index in [4.69, 9.17) is 9.47 Å². The lowest BCUT2D eigenvalue weighted by Gasteiger charge is -2.38. The molecule has 0 saturated heterocycles. The largest absolute Gasteiger partial charge is 0.493 e. The average molecular weight is 536 g/mol.